The van der Waals surface area contributed by atoms with E-state index in [0.29, 0.717) is 17.4 Å². The number of ether oxygens (including phenoxy) is 1. The third-order valence-corrected chi connectivity index (χ3v) is 3.68. The quantitative estimate of drug-likeness (QED) is 0.659. The fourth-order valence-electron chi connectivity index (χ4n) is 2.51. The first-order valence-electron chi connectivity index (χ1n) is 6.83. The molecule has 3 rings (SSSR count). The van der Waals surface area contributed by atoms with Crippen LogP contribution in [0.15, 0.2) is 48.5 Å². The highest BCUT2D eigenvalue weighted by molar-refractivity contribution is 6.31. The fraction of sp³-hybridized carbons (Fsp3) is 0.176. The van der Waals surface area contributed by atoms with Gasteiger partial charge in [0.25, 0.3) is 0 Å². The van der Waals surface area contributed by atoms with E-state index in [-0.39, 0.29) is 5.82 Å². The third kappa shape index (κ3) is 2.88. The van der Waals surface area contributed by atoms with Gasteiger partial charge in [-0.3, -0.25) is 0 Å². The molecule has 0 fully saturated rings. The smallest absolute Gasteiger partial charge is 0.128 e. The minimum atomic E-state index is -0.296. The van der Waals surface area contributed by atoms with E-state index in [0.717, 1.165) is 23.1 Å². The minimum Gasteiger partial charge on any atom is -0.487 e. The number of hydrogen-bond acceptors (Lipinski definition) is 1. The molecular formula is C17H15ClFNO. The van der Waals surface area contributed by atoms with Crippen molar-refractivity contribution in [3.05, 3.63) is 65.1 Å². The van der Waals surface area contributed by atoms with Crippen molar-refractivity contribution in [3.63, 3.8) is 0 Å². The number of aryl methyl sites for hydroxylation is 1. The SMILES string of the molecule is CCn1c(COc2cccc(F)c2)cc2cc(Cl)ccc21. The van der Waals surface area contributed by atoms with Crippen LogP contribution in [-0.4, -0.2) is 4.57 Å². The normalized spacial score (nSPS) is 11.0. The van der Waals surface area contributed by atoms with E-state index < -0.39 is 0 Å². The monoisotopic (exact) mass is 303 g/mol. The molecule has 0 N–H and O–H groups in total. The highest BCUT2D eigenvalue weighted by atomic mass is 35.5. The Labute approximate surface area is 127 Å². The molecule has 4 heteroatoms. The van der Waals surface area contributed by atoms with Gasteiger partial charge in [0.2, 0.25) is 0 Å². The van der Waals surface area contributed by atoms with Gasteiger partial charge in [0.1, 0.15) is 18.2 Å². The van der Waals surface area contributed by atoms with Gasteiger partial charge in [-0.1, -0.05) is 17.7 Å². The van der Waals surface area contributed by atoms with Crippen molar-refractivity contribution in [2.24, 2.45) is 0 Å². The molecule has 0 aliphatic heterocycles. The van der Waals surface area contributed by atoms with Gasteiger partial charge in [0.15, 0.2) is 0 Å². The second kappa shape index (κ2) is 5.78. The first kappa shape index (κ1) is 14.0. The van der Waals surface area contributed by atoms with Crippen LogP contribution in [0.2, 0.25) is 5.02 Å². The van der Waals surface area contributed by atoms with Crippen molar-refractivity contribution in [2.45, 2.75) is 20.1 Å². The Morgan fingerprint density at radius 1 is 1.14 bits per heavy atom. The van der Waals surface area contributed by atoms with Gasteiger partial charge in [-0.05, 0) is 43.3 Å². The summed E-state index contributed by atoms with van der Waals surface area (Å²) >= 11 is 6.03. The van der Waals surface area contributed by atoms with Crippen molar-refractivity contribution < 1.29 is 9.13 Å². The zero-order chi connectivity index (χ0) is 14.8. The predicted molar refractivity (Wildman–Crippen MR) is 83.4 cm³/mol. The summed E-state index contributed by atoms with van der Waals surface area (Å²) in [7, 11) is 0. The minimum absolute atomic E-state index is 0.296. The molecule has 2 nitrogen and oxygen atoms in total. The summed E-state index contributed by atoms with van der Waals surface area (Å²) < 4.78 is 21.0. The van der Waals surface area contributed by atoms with Crippen LogP contribution in [-0.2, 0) is 13.2 Å². The summed E-state index contributed by atoms with van der Waals surface area (Å²) in [5.41, 5.74) is 2.17. The van der Waals surface area contributed by atoms with Crippen LogP contribution in [0.25, 0.3) is 10.9 Å². The molecule has 0 bridgehead atoms. The lowest BCUT2D eigenvalue weighted by atomic mass is 10.2. The summed E-state index contributed by atoms with van der Waals surface area (Å²) in [4.78, 5) is 0. The van der Waals surface area contributed by atoms with Crippen LogP contribution in [0.1, 0.15) is 12.6 Å². The number of halogens is 2. The van der Waals surface area contributed by atoms with E-state index in [9.17, 15) is 4.39 Å². The molecule has 0 spiro atoms. The first-order chi connectivity index (χ1) is 10.2. The molecule has 0 saturated carbocycles. The van der Waals surface area contributed by atoms with Crippen LogP contribution in [0.4, 0.5) is 4.39 Å². The van der Waals surface area contributed by atoms with E-state index in [2.05, 4.69) is 17.6 Å². The number of fused-ring (bicyclic) bond motifs is 1. The molecule has 0 atom stereocenters. The van der Waals surface area contributed by atoms with E-state index in [4.69, 9.17) is 16.3 Å². The highest BCUT2D eigenvalue weighted by Crippen LogP contribution is 2.24. The maximum atomic E-state index is 13.2. The number of rotatable bonds is 4. The molecule has 1 heterocycles. The van der Waals surface area contributed by atoms with Crippen molar-refractivity contribution >= 4 is 22.5 Å². The summed E-state index contributed by atoms with van der Waals surface area (Å²) in [6, 6.07) is 14.1. The Morgan fingerprint density at radius 3 is 2.76 bits per heavy atom. The van der Waals surface area contributed by atoms with Gasteiger partial charge >= 0.3 is 0 Å². The van der Waals surface area contributed by atoms with Crippen LogP contribution >= 0.6 is 11.6 Å². The van der Waals surface area contributed by atoms with Gasteiger partial charge in [-0.25, -0.2) is 4.39 Å². The Morgan fingerprint density at radius 2 is 2.00 bits per heavy atom. The first-order valence-corrected chi connectivity index (χ1v) is 7.21. The van der Waals surface area contributed by atoms with E-state index in [1.807, 2.05) is 18.2 Å². The van der Waals surface area contributed by atoms with E-state index >= 15 is 0 Å². The lowest BCUT2D eigenvalue weighted by molar-refractivity contribution is 0.294. The topological polar surface area (TPSA) is 14.2 Å². The fourth-order valence-corrected chi connectivity index (χ4v) is 2.69. The number of aromatic nitrogens is 1. The van der Waals surface area contributed by atoms with Crippen LogP contribution in [0.3, 0.4) is 0 Å². The Hall–Kier alpha value is -2.00. The molecule has 3 aromatic rings. The summed E-state index contributed by atoms with van der Waals surface area (Å²) in [5.74, 6) is 0.233. The number of nitrogens with zero attached hydrogens (tertiary/aromatic N) is 1. The van der Waals surface area contributed by atoms with Gasteiger partial charge in [-0.2, -0.15) is 0 Å². The van der Waals surface area contributed by atoms with Crippen molar-refractivity contribution in [2.75, 3.05) is 0 Å². The van der Waals surface area contributed by atoms with Gasteiger partial charge in [0, 0.05) is 28.5 Å². The molecule has 21 heavy (non-hydrogen) atoms. The van der Waals surface area contributed by atoms with Gasteiger partial charge in [0.05, 0.1) is 5.69 Å². The van der Waals surface area contributed by atoms with Crippen LogP contribution in [0, 0.1) is 5.82 Å². The Bertz CT molecular complexity index is 782. The lowest BCUT2D eigenvalue weighted by Gasteiger charge is -2.10. The molecule has 0 radical (unpaired) electrons. The average molecular weight is 304 g/mol. The largest absolute Gasteiger partial charge is 0.487 e. The maximum absolute atomic E-state index is 13.2. The predicted octanol–water partition coefficient (Wildman–Crippen LogP) is 5.03. The van der Waals surface area contributed by atoms with Gasteiger partial charge in [-0.15, -0.1) is 0 Å². The standard InChI is InChI=1S/C17H15ClFNO/c1-2-20-15(9-12-8-13(18)6-7-17(12)20)11-21-16-5-3-4-14(19)10-16/h3-10H,2,11H2,1H3. The molecule has 2 aromatic carbocycles. The Kier molecular flexibility index (Phi) is 3.84. The van der Waals surface area contributed by atoms with E-state index in [1.54, 1.807) is 12.1 Å². The highest BCUT2D eigenvalue weighted by Gasteiger charge is 2.09. The molecule has 0 aliphatic rings. The summed E-state index contributed by atoms with van der Waals surface area (Å²) in [5, 5.41) is 1.80. The molecule has 0 saturated heterocycles. The van der Waals surface area contributed by atoms with Crippen LogP contribution in [0.5, 0.6) is 5.75 Å². The number of hydrogen-bond donors (Lipinski definition) is 0. The molecule has 0 unspecified atom stereocenters. The average Bonchev–Trinajstić information content (AvgIpc) is 2.81. The van der Waals surface area contributed by atoms with Gasteiger partial charge < -0.3 is 9.30 Å². The second-order valence-electron chi connectivity index (χ2n) is 4.83. The zero-order valence-corrected chi connectivity index (χ0v) is 12.4. The van der Waals surface area contributed by atoms with Crippen LogP contribution < -0.4 is 4.74 Å². The van der Waals surface area contributed by atoms with E-state index in [1.165, 1.54) is 12.1 Å². The molecule has 0 aliphatic carbocycles. The lowest BCUT2D eigenvalue weighted by Crippen LogP contribution is -2.04. The maximum Gasteiger partial charge on any atom is 0.128 e. The van der Waals surface area contributed by atoms with Crippen molar-refractivity contribution in [1.82, 2.24) is 4.57 Å². The summed E-state index contributed by atoms with van der Waals surface area (Å²) in [6.45, 7) is 3.32. The Balaban J connectivity index is 1.89. The summed E-state index contributed by atoms with van der Waals surface area (Å²) in [6.07, 6.45) is 0. The third-order valence-electron chi connectivity index (χ3n) is 3.45. The molecule has 0 amide bonds. The molecular weight excluding hydrogens is 289 g/mol. The van der Waals surface area contributed by atoms with Crippen molar-refractivity contribution in [3.8, 4) is 5.75 Å². The zero-order valence-electron chi connectivity index (χ0n) is 11.6. The molecule has 108 valence electrons. The second-order valence-corrected chi connectivity index (χ2v) is 5.27. The molecule has 1 aromatic heterocycles. The van der Waals surface area contributed by atoms with Crippen molar-refractivity contribution in [1.29, 1.82) is 0 Å². The number of benzene rings is 2.